The van der Waals surface area contributed by atoms with E-state index in [0.717, 1.165) is 51.7 Å². The van der Waals surface area contributed by atoms with Gasteiger partial charge >= 0.3 is 0 Å². The highest BCUT2D eigenvalue weighted by Gasteiger charge is 2.14. The fourth-order valence-electron chi connectivity index (χ4n) is 2.33. The molecule has 20 heavy (non-hydrogen) atoms. The van der Waals surface area contributed by atoms with Gasteiger partial charge in [0.25, 0.3) is 0 Å². The number of hydrogen-bond donors (Lipinski definition) is 2. The molecule has 1 saturated carbocycles. The fourth-order valence-corrected chi connectivity index (χ4v) is 2.33. The van der Waals surface area contributed by atoms with Crippen LogP contribution >= 0.6 is 0 Å². The lowest BCUT2D eigenvalue weighted by Crippen LogP contribution is -2.38. The van der Waals surface area contributed by atoms with Crippen LogP contribution in [0.3, 0.4) is 0 Å². The van der Waals surface area contributed by atoms with E-state index in [2.05, 4.69) is 15.6 Å². The van der Waals surface area contributed by atoms with Gasteiger partial charge in [-0.1, -0.05) is 12.8 Å². The lowest BCUT2D eigenvalue weighted by atomic mass is 10.3. The van der Waals surface area contributed by atoms with Crippen molar-refractivity contribution in [2.75, 3.05) is 40.0 Å². The number of nitrogens with zero attached hydrogens (tertiary/aromatic N) is 1. The van der Waals surface area contributed by atoms with Crippen molar-refractivity contribution in [2.45, 2.75) is 51.6 Å². The molecule has 0 aromatic heterocycles. The number of aliphatic imine (C=N–C) groups is 1. The summed E-state index contributed by atoms with van der Waals surface area (Å²) >= 11 is 0. The van der Waals surface area contributed by atoms with Crippen LogP contribution in [0.1, 0.15) is 45.4 Å². The first kappa shape index (κ1) is 17.2. The molecule has 0 unspecified atom stereocenters. The first-order valence-corrected chi connectivity index (χ1v) is 8.00. The molecule has 1 aliphatic rings. The van der Waals surface area contributed by atoms with E-state index in [9.17, 15) is 0 Å². The van der Waals surface area contributed by atoms with Gasteiger partial charge in [-0.05, 0) is 32.6 Å². The number of guanidine groups is 1. The van der Waals surface area contributed by atoms with Gasteiger partial charge in [0.05, 0.1) is 6.10 Å². The predicted molar refractivity (Wildman–Crippen MR) is 83.3 cm³/mol. The van der Waals surface area contributed by atoms with Gasteiger partial charge < -0.3 is 20.1 Å². The summed E-state index contributed by atoms with van der Waals surface area (Å²) in [5.41, 5.74) is 0. The summed E-state index contributed by atoms with van der Waals surface area (Å²) in [6.07, 6.45) is 7.70. The summed E-state index contributed by atoms with van der Waals surface area (Å²) in [7, 11) is 1.80. The van der Waals surface area contributed by atoms with Gasteiger partial charge in [0.1, 0.15) is 0 Å². The Hall–Kier alpha value is -0.810. The van der Waals surface area contributed by atoms with Crippen molar-refractivity contribution in [3.05, 3.63) is 0 Å². The van der Waals surface area contributed by atoms with Crippen LogP contribution in [0.2, 0.25) is 0 Å². The largest absolute Gasteiger partial charge is 0.382 e. The molecule has 0 amide bonds. The van der Waals surface area contributed by atoms with E-state index in [1.54, 1.807) is 7.05 Å². The van der Waals surface area contributed by atoms with Crippen LogP contribution in [-0.4, -0.2) is 52.0 Å². The Morgan fingerprint density at radius 2 is 1.75 bits per heavy atom. The normalized spacial score (nSPS) is 16.6. The second-order valence-electron chi connectivity index (χ2n) is 5.11. The second kappa shape index (κ2) is 12.0. The zero-order chi connectivity index (χ0) is 14.5. The Bertz CT molecular complexity index is 254. The summed E-state index contributed by atoms with van der Waals surface area (Å²) < 4.78 is 11.1. The van der Waals surface area contributed by atoms with Gasteiger partial charge in [-0.2, -0.15) is 0 Å². The summed E-state index contributed by atoms with van der Waals surface area (Å²) in [4.78, 5) is 4.19. The van der Waals surface area contributed by atoms with Gasteiger partial charge in [0.15, 0.2) is 5.96 Å². The number of hydrogen-bond acceptors (Lipinski definition) is 3. The smallest absolute Gasteiger partial charge is 0.190 e. The number of ether oxygens (including phenoxy) is 2. The standard InChI is InChI=1S/C15H31N3O2/c1-3-19-12-6-10-17-15(16-2)18-11-7-13-20-14-8-4-5-9-14/h14H,3-13H2,1-2H3,(H2,16,17,18). The van der Waals surface area contributed by atoms with Crippen LogP contribution in [0.4, 0.5) is 0 Å². The maximum absolute atomic E-state index is 5.83. The van der Waals surface area contributed by atoms with Crippen LogP contribution < -0.4 is 10.6 Å². The predicted octanol–water partition coefficient (Wildman–Crippen LogP) is 1.93. The van der Waals surface area contributed by atoms with Crippen molar-refractivity contribution in [1.29, 1.82) is 0 Å². The quantitative estimate of drug-likeness (QED) is 0.366. The molecule has 0 heterocycles. The number of nitrogens with one attached hydrogen (secondary N) is 2. The van der Waals surface area contributed by atoms with Crippen molar-refractivity contribution in [2.24, 2.45) is 4.99 Å². The van der Waals surface area contributed by atoms with Gasteiger partial charge in [0, 0.05) is 40.0 Å². The highest BCUT2D eigenvalue weighted by molar-refractivity contribution is 5.79. The molecule has 0 bridgehead atoms. The second-order valence-corrected chi connectivity index (χ2v) is 5.11. The van der Waals surface area contributed by atoms with Crippen LogP contribution in [0, 0.1) is 0 Å². The third-order valence-corrected chi connectivity index (χ3v) is 3.45. The molecule has 0 aromatic carbocycles. The van der Waals surface area contributed by atoms with Crippen molar-refractivity contribution < 1.29 is 9.47 Å². The van der Waals surface area contributed by atoms with Gasteiger partial charge in [-0.15, -0.1) is 0 Å². The van der Waals surface area contributed by atoms with E-state index in [4.69, 9.17) is 9.47 Å². The first-order valence-electron chi connectivity index (χ1n) is 8.00. The molecule has 5 nitrogen and oxygen atoms in total. The lowest BCUT2D eigenvalue weighted by molar-refractivity contribution is 0.0574. The molecule has 0 saturated heterocycles. The average molecular weight is 285 g/mol. The molecule has 0 aromatic rings. The molecule has 0 atom stereocenters. The Kier molecular flexibility index (Phi) is 10.3. The zero-order valence-electron chi connectivity index (χ0n) is 13.1. The highest BCUT2D eigenvalue weighted by Crippen LogP contribution is 2.20. The molecular weight excluding hydrogens is 254 g/mol. The van der Waals surface area contributed by atoms with Gasteiger partial charge in [-0.25, -0.2) is 0 Å². The van der Waals surface area contributed by atoms with Gasteiger partial charge in [-0.3, -0.25) is 4.99 Å². The Balaban J connectivity index is 1.92. The molecule has 2 N–H and O–H groups in total. The summed E-state index contributed by atoms with van der Waals surface area (Å²) in [6, 6.07) is 0. The Labute approximate surface area is 123 Å². The first-order chi connectivity index (χ1) is 9.86. The van der Waals surface area contributed by atoms with E-state index in [1.807, 2.05) is 6.92 Å². The minimum atomic E-state index is 0.519. The maximum atomic E-state index is 5.83. The van der Waals surface area contributed by atoms with Crippen molar-refractivity contribution in [3.8, 4) is 0 Å². The van der Waals surface area contributed by atoms with Crippen molar-refractivity contribution in [1.82, 2.24) is 10.6 Å². The number of rotatable bonds is 10. The molecule has 0 spiro atoms. The van der Waals surface area contributed by atoms with Crippen LogP contribution in [0.5, 0.6) is 0 Å². The van der Waals surface area contributed by atoms with Gasteiger partial charge in [0.2, 0.25) is 0 Å². The van der Waals surface area contributed by atoms with Crippen molar-refractivity contribution >= 4 is 5.96 Å². The van der Waals surface area contributed by atoms with Crippen LogP contribution in [0.15, 0.2) is 4.99 Å². The lowest BCUT2D eigenvalue weighted by Gasteiger charge is -2.13. The minimum Gasteiger partial charge on any atom is -0.382 e. The van der Waals surface area contributed by atoms with E-state index >= 15 is 0 Å². The van der Waals surface area contributed by atoms with Crippen molar-refractivity contribution in [3.63, 3.8) is 0 Å². The molecular formula is C15H31N3O2. The molecule has 1 rings (SSSR count). The minimum absolute atomic E-state index is 0.519. The topological polar surface area (TPSA) is 54.9 Å². The molecule has 1 aliphatic carbocycles. The molecule has 0 aliphatic heterocycles. The van der Waals surface area contributed by atoms with E-state index in [1.165, 1.54) is 25.7 Å². The third-order valence-electron chi connectivity index (χ3n) is 3.45. The van der Waals surface area contributed by atoms with E-state index < -0.39 is 0 Å². The molecule has 0 radical (unpaired) electrons. The summed E-state index contributed by atoms with van der Waals surface area (Å²) in [5, 5.41) is 6.58. The average Bonchev–Trinajstić information content (AvgIpc) is 2.97. The summed E-state index contributed by atoms with van der Waals surface area (Å²) in [6.45, 7) is 6.24. The maximum Gasteiger partial charge on any atom is 0.190 e. The van der Waals surface area contributed by atoms with E-state index in [-0.39, 0.29) is 0 Å². The fraction of sp³-hybridized carbons (Fsp3) is 0.933. The zero-order valence-corrected chi connectivity index (χ0v) is 13.1. The Morgan fingerprint density at radius 3 is 2.35 bits per heavy atom. The highest BCUT2D eigenvalue weighted by atomic mass is 16.5. The molecule has 1 fully saturated rings. The molecule has 5 heteroatoms. The van der Waals surface area contributed by atoms with Crippen LogP contribution in [-0.2, 0) is 9.47 Å². The molecule has 118 valence electrons. The summed E-state index contributed by atoms with van der Waals surface area (Å²) in [5.74, 6) is 0.863. The van der Waals surface area contributed by atoms with E-state index in [0.29, 0.717) is 6.10 Å². The monoisotopic (exact) mass is 285 g/mol. The van der Waals surface area contributed by atoms with Crippen LogP contribution in [0.25, 0.3) is 0 Å². The SMILES string of the molecule is CCOCCCNC(=NC)NCCCOC1CCCC1. The third kappa shape index (κ3) is 8.38. The Morgan fingerprint density at radius 1 is 1.10 bits per heavy atom.